The Hall–Kier alpha value is -5.16. The van der Waals surface area contributed by atoms with Gasteiger partial charge in [-0.25, -0.2) is 27.2 Å². The first kappa shape index (κ1) is 27.0. The molecule has 3 heterocycles. The largest absolute Gasteiger partial charge is 0.480 e. The van der Waals surface area contributed by atoms with Crippen molar-refractivity contribution in [3.63, 3.8) is 0 Å². The Labute approximate surface area is 240 Å². The second-order valence-corrected chi connectivity index (χ2v) is 11.1. The molecule has 11 heteroatoms. The molecule has 6 aromatic rings. The predicted molar refractivity (Wildman–Crippen MR) is 155 cm³/mol. The van der Waals surface area contributed by atoms with Gasteiger partial charge in [0.1, 0.15) is 22.2 Å². The Bertz CT molecular complexity index is 2020. The van der Waals surface area contributed by atoms with E-state index in [9.17, 15) is 17.2 Å². The summed E-state index contributed by atoms with van der Waals surface area (Å²) in [5, 5.41) is 0.892. The molecule has 0 saturated carbocycles. The summed E-state index contributed by atoms with van der Waals surface area (Å²) < 4.78 is 63.2. The van der Waals surface area contributed by atoms with Crippen LogP contribution in [0.3, 0.4) is 0 Å². The fourth-order valence-electron chi connectivity index (χ4n) is 4.70. The molecule has 42 heavy (non-hydrogen) atoms. The minimum Gasteiger partial charge on any atom is -0.480 e. The summed E-state index contributed by atoms with van der Waals surface area (Å²) in [7, 11) is -3.08. The SMILES string of the molecule is COc1ncc(-c2ccc3nccc(-c4ccc(Cn5ccnc5)cc4)c3c2)cc1NS(=O)(=O)c1ccc(F)cc1F. The maximum atomic E-state index is 14.3. The van der Waals surface area contributed by atoms with Crippen molar-refractivity contribution in [2.45, 2.75) is 11.4 Å². The zero-order valence-corrected chi connectivity index (χ0v) is 23.0. The van der Waals surface area contributed by atoms with Gasteiger partial charge in [0.25, 0.3) is 10.0 Å². The van der Waals surface area contributed by atoms with Gasteiger partial charge >= 0.3 is 0 Å². The van der Waals surface area contributed by atoms with Gasteiger partial charge < -0.3 is 9.30 Å². The van der Waals surface area contributed by atoms with Gasteiger partial charge in [-0.2, -0.15) is 0 Å². The zero-order valence-electron chi connectivity index (χ0n) is 22.2. The third-order valence-electron chi connectivity index (χ3n) is 6.74. The zero-order chi connectivity index (χ0) is 29.3. The van der Waals surface area contributed by atoms with Crippen LogP contribution >= 0.6 is 0 Å². The molecule has 0 fully saturated rings. The van der Waals surface area contributed by atoms with Crippen molar-refractivity contribution < 1.29 is 21.9 Å². The highest BCUT2D eigenvalue weighted by atomic mass is 32.2. The molecule has 0 amide bonds. The van der Waals surface area contributed by atoms with Crippen molar-refractivity contribution in [3.8, 4) is 28.1 Å². The van der Waals surface area contributed by atoms with E-state index >= 15 is 0 Å². The average Bonchev–Trinajstić information content (AvgIpc) is 3.50. The van der Waals surface area contributed by atoms with Gasteiger partial charge in [-0.3, -0.25) is 9.71 Å². The van der Waals surface area contributed by atoms with Crippen LogP contribution in [0.15, 0.2) is 109 Å². The average molecular weight is 584 g/mol. The lowest BCUT2D eigenvalue weighted by Crippen LogP contribution is -2.15. The summed E-state index contributed by atoms with van der Waals surface area (Å²) in [6.45, 7) is 0.714. The highest BCUT2D eigenvalue weighted by Crippen LogP contribution is 2.34. The minimum atomic E-state index is -4.42. The van der Waals surface area contributed by atoms with Crippen LogP contribution in [0.25, 0.3) is 33.2 Å². The topological polar surface area (TPSA) is 99.0 Å². The van der Waals surface area contributed by atoms with E-state index in [1.165, 1.54) is 7.11 Å². The summed E-state index contributed by atoms with van der Waals surface area (Å²) in [6, 6.07) is 19.7. The molecule has 0 aliphatic heterocycles. The lowest BCUT2D eigenvalue weighted by atomic mass is 9.97. The first-order valence-corrected chi connectivity index (χ1v) is 14.3. The third kappa shape index (κ3) is 5.41. The number of aromatic nitrogens is 4. The van der Waals surface area contributed by atoms with Crippen molar-refractivity contribution in [1.29, 1.82) is 0 Å². The Morgan fingerprint density at radius 2 is 1.69 bits per heavy atom. The van der Waals surface area contributed by atoms with E-state index in [1.54, 1.807) is 31.0 Å². The number of ether oxygens (including phenoxy) is 1. The fourth-order valence-corrected chi connectivity index (χ4v) is 5.81. The van der Waals surface area contributed by atoms with Crippen LogP contribution in [0, 0.1) is 11.6 Å². The summed E-state index contributed by atoms with van der Waals surface area (Å²) in [4.78, 5) is 12.2. The smallest absolute Gasteiger partial charge is 0.264 e. The second-order valence-electron chi connectivity index (χ2n) is 9.48. The van der Waals surface area contributed by atoms with Gasteiger partial charge in [0, 0.05) is 48.3 Å². The number of benzene rings is 3. The number of methoxy groups -OCH3 is 1. The van der Waals surface area contributed by atoms with Gasteiger partial charge in [0.2, 0.25) is 5.88 Å². The normalized spacial score (nSPS) is 11.5. The molecule has 3 aromatic carbocycles. The number of fused-ring (bicyclic) bond motifs is 1. The lowest BCUT2D eigenvalue weighted by Gasteiger charge is -2.14. The number of nitrogens with one attached hydrogen (secondary N) is 1. The summed E-state index contributed by atoms with van der Waals surface area (Å²) >= 11 is 0. The van der Waals surface area contributed by atoms with Gasteiger partial charge in [-0.15, -0.1) is 0 Å². The van der Waals surface area contributed by atoms with Gasteiger partial charge in [-0.1, -0.05) is 30.3 Å². The number of sulfonamides is 1. The second kappa shape index (κ2) is 11.0. The number of halogens is 2. The molecular weight excluding hydrogens is 560 g/mol. The fraction of sp³-hybridized carbons (Fsp3) is 0.0645. The molecule has 210 valence electrons. The molecule has 0 spiro atoms. The Kier molecular flexibility index (Phi) is 7.09. The van der Waals surface area contributed by atoms with Crippen LogP contribution < -0.4 is 9.46 Å². The molecule has 0 radical (unpaired) electrons. The molecule has 0 unspecified atom stereocenters. The Balaban J connectivity index is 1.35. The number of rotatable bonds is 8. The summed E-state index contributed by atoms with van der Waals surface area (Å²) in [6.07, 6.45) is 8.75. The van der Waals surface area contributed by atoms with E-state index < -0.39 is 26.6 Å². The maximum absolute atomic E-state index is 14.3. The Morgan fingerprint density at radius 1 is 0.881 bits per heavy atom. The molecule has 0 saturated heterocycles. The van der Waals surface area contributed by atoms with Crippen molar-refractivity contribution in [1.82, 2.24) is 19.5 Å². The monoisotopic (exact) mass is 583 g/mol. The summed E-state index contributed by atoms with van der Waals surface area (Å²) in [5.41, 5.74) is 5.24. The van der Waals surface area contributed by atoms with Crippen molar-refractivity contribution in [2.24, 2.45) is 0 Å². The van der Waals surface area contributed by atoms with Gasteiger partial charge in [0.05, 0.1) is 19.0 Å². The van der Waals surface area contributed by atoms with E-state index in [4.69, 9.17) is 4.74 Å². The number of anilines is 1. The standard InChI is InChI=1S/C31H23F2N5O3S/c1-41-31-29(37-42(39,40)30-9-7-24(32)16-27(30)33)15-23(17-36-31)22-6-8-28-26(14-22)25(10-11-35-28)21-4-2-20(3-5-21)18-38-13-12-34-19-38/h2-17,19,37H,18H2,1H3. The predicted octanol–water partition coefficient (Wildman–Crippen LogP) is 6.30. The van der Waals surface area contributed by atoms with Gasteiger partial charge in [0.15, 0.2) is 0 Å². The molecule has 8 nitrogen and oxygen atoms in total. The number of nitrogens with zero attached hydrogens (tertiary/aromatic N) is 4. The lowest BCUT2D eigenvalue weighted by molar-refractivity contribution is 0.400. The van der Waals surface area contributed by atoms with Crippen molar-refractivity contribution in [2.75, 3.05) is 11.8 Å². The molecule has 0 aliphatic carbocycles. The molecule has 0 atom stereocenters. The van der Waals surface area contributed by atoms with E-state index in [2.05, 4.69) is 43.9 Å². The van der Waals surface area contributed by atoms with Crippen molar-refractivity contribution >= 4 is 26.6 Å². The quantitative estimate of drug-likeness (QED) is 0.226. The number of hydrogen-bond acceptors (Lipinski definition) is 6. The van der Waals surface area contributed by atoms with E-state index in [0.29, 0.717) is 18.2 Å². The van der Waals surface area contributed by atoms with Gasteiger partial charge in [-0.05, 0) is 58.7 Å². The number of imidazole rings is 1. The van der Waals surface area contributed by atoms with Crippen molar-refractivity contribution in [3.05, 3.63) is 121 Å². The summed E-state index contributed by atoms with van der Waals surface area (Å²) in [5.74, 6) is -2.11. The molecule has 0 aliphatic rings. The molecule has 3 aromatic heterocycles. The van der Waals surface area contributed by atoms with Crippen LogP contribution in [0.2, 0.25) is 0 Å². The minimum absolute atomic E-state index is 0.00119. The van der Waals surface area contributed by atoms with E-state index in [1.807, 2.05) is 35.0 Å². The van der Waals surface area contributed by atoms with Crippen LogP contribution in [0.4, 0.5) is 14.5 Å². The highest BCUT2D eigenvalue weighted by Gasteiger charge is 2.22. The molecule has 1 N–H and O–H groups in total. The molecule has 6 rings (SSSR count). The third-order valence-corrected chi connectivity index (χ3v) is 8.14. The molecule has 0 bridgehead atoms. The Morgan fingerprint density at radius 3 is 2.43 bits per heavy atom. The first-order chi connectivity index (χ1) is 20.3. The first-order valence-electron chi connectivity index (χ1n) is 12.8. The van der Waals surface area contributed by atoms with E-state index in [-0.39, 0.29) is 11.6 Å². The maximum Gasteiger partial charge on any atom is 0.264 e. The van der Waals surface area contributed by atoms with Crippen LogP contribution in [0.1, 0.15) is 5.56 Å². The number of hydrogen-bond donors (Lipinski definition) is 1. The van der Waals surface area contributed by atoms with Crippen LogP contribution in [0.5, 0.6) is 5.88 Å². The van der Waals surface area contributed by atoms with E-state index in [0.717, 1.165) is 45.3 Å². The van der Waals surface area contributed by atoms with Crippen LogP contribution in [-0.2, 0) is 16.6 Å². The van der Waals surface area contributed by atoms with Crippen LogP contribution in [-0.4, -0.2) is 35.0 Å². The molecular formula is C31H23F2N5O3S. The highest BCUT2D eigenvalue weighted by molar-refractivity contribution is 7.92. The number of pyridine rings is 2.